The van der Waals surface area contributed by atoms with Gasteiger partial charge in [0, 0.05) is 18.2 Å². The van der Waals surface area contributed by atoms with Crippen LogP contribution in [0, 0.1) is 0 Å². The van der Waals surface area contributed by atoms with E-state index in [-0.39, 0.29) is 11.8 Å². The quantitative estimate of drug-likeness (QED) is 0.878. The van der Waals surface area contributed by atoms with E-state index in [1.807, 2.05) is 0 Å². The van der Waals surface area contributed by atoms with Gasteiger partial charge >= 0.3 is 0 Å². The molecule has 0 unspecified atom stereocenters. The van der Waals surface area contributed by atoms with Crippen LogP contribution < -0.4 is 14.9 Å². The van der Waals surface area contributed by atoms with Crippen molar-refractivity contribution < 1.29 is 19.1 Å². The van der Waals surface area contributed by atoms with Crippen LogP contribution in [-0.2, 0) is 0 Å². The zero-order valence-electron chi connectivity index (χ0n) is 13.2. The average molecular weight is 314 g/mol. The minimum absolute atomic E-state index is 0.325. The van der Waals surface area contributed by atoms with Gasteiger partial charge in [0.1, 0.15) is 11.5 Å². The minimum Gasteiger partial charge on any atom is -0.497 e. The Bertz CT molecular complexity index is 681. The van der Waals surface area contributed by atoms with E-state index in [4.69, 9.17) is 9.47 Å². The van der Waals surface area contributed by atoms with Crippen molar-refractivity contribution in [1.29, 1.82) is 0 Å². The first kappa shape index (κ1) is 16.4. The third kappa shape index (κ3) is 4.00. The molecule has 23 heavy (non-hydrogen) atoms. The number of carbonyl (C=O) groups excluding carboxylic acids is 2. The fraction of sp³-hybridized carbons (Fsp3) is 0.176. The molecule has 0 heterocycles. The highest BCUT2D eigenvalue weighted by Crippen LogP contribution is 2.13. The van der Waals surface area contributed by atoms with E-state index in [1.165, 1.54) is 7.05 Å². The number of benzene rings is 2. The molecule has 0 spiro atoms. The van der Waals surface area contributed by atoms with Crippen LogP contribution in [-0.4, -0.2) is 38.1 Å². The van der Waals surface area contributed by atoms with Crippen LogP contribution in [0.5, 0.6) is 11.5 Å². The Morgan fingerprint density at radius 2 is 1.26 bits per heavy atom. The lowest BCUT2D eigenvalue weighted by molar-refractivity contribution is 0.0636. The Balaban J connectivity index is 2.02. The first-order chi connectivity index (χ1) is 11.0. The molecule has 0 atom stereocenters. The Hall–Kier alpha value is -3.02. The summed E-state index contributed by atoms with van der Waals surface area (Å²) < 4.78 is 10.1. The molecule has 0 aromatic heterocycles. The molecule has 0 saturated heterocycles. The topological polar surface area (TPSA) is 67.9 Å². The normalized spacial score (nSPS) is 9.87. The maximum absolute atomic E-state index is 12.3. The maximum atomic E-state index is 12.3. The summed E-state index contributed by atoms with van der Waals surface area (Å²) >= 11 is 0. The van der Waals surface area contributed by atoms with Crippen LogP contribution in [0.4, 0.5) is 0 Å². The van der Waals surface area contributed by atoms with Gasteiger partial charge in [-0.05, 0) is 48.5 Å². The number of amides is 2. The Morgan fingerprint density at radius 3 is 1.70 bits per heavy atom. The molecule has 2 aromatic carbocycles. The van der Waals surface area contributed by atoms with Gasteiger partial charge in [0.2, 0.25) is 0 Å². The summed E-state index contributed by atoms with van der Waals surface area (Å²) in [5.41, 5.74) is 3.41. The van der Waals surface area contributed by atoms with Gasteiger partial charge in [0.25, 0.3) is 11.8 Å². The van der Waals surface area contributed by atoms with Crippen molar-refractivity contribution in [3.63, 3.8) is 0 Å². The number of carbonyl (C=O) groups is 2. The zero-order chi connectivity index (χ0) is 16.8. The molecule has 2 amide bonds. The van der Waals surface area contributed by atoms with E-state index in [9.17, 15) is 9.59 Å². The maximum Gasteiger partial charge on any atom is 0.272 e. The van der Waals surface area contributed by atoms with Crippen molar-refractivity contribution in [3.05, 3.63) is 59.7 Å². The lowest BCUT2D eigenvalue weighted by atomic mass is 10.2. The molecule has 6 nitrogen and oxygen atoms in total. The Morgan fingerprint density at radius 1 is 0.826 bits per heavy atom. The number of hydrogen-bond acceptors (Lipinski definition) is 4. The summed E-state index contributed by atoms with van der Waals surface area (Å²) in [7, 11) is 4.60. The van der Waals surface area contributed by atoms with Gasteiger partial charge in [-0.15, -0.1) is 0 Å². The van der Waals surface area contributed by atoms with Gasteiger partial charge in [-0.1, -0.05) is 0 Å². The molecular weight excluding hydrogens is 296 g/mol. The third-order valence-corrected chi connectivity index (χ3v) is 3.26. The first-order valence-electron chi connectivity index (χ1n) is 6.92. The van der Waals surface area contributed by atoms with Gasteiger partial charge in [-0.2, -0.15) is 0 Å². The third-order valence-electron chi connectivity index (χ3n) is 3.26. The zero-order valence-corrected chi connectivity index (χ0v) is 13.2. The highest BCUT2D eigenvalue weighted by atomic mass is 16.5. The van der Waals surface area contributed by atoms with Gasteiger partial charge in [-0.25, -0.2) is 0 Å². The summed E-state index contributed by atoms with van der Waals surface area (Å²) in [4.78, 5) is 24.4. The Kier molecular flexibility index (Phi) is 5.19. The molecular formula is C17H18N2O4. The van der Waals surface area contributed by atoms with Crippen molar-refractivity contribution >= 4 is 11.8 Å². The predicted molar refractivity (Wildman–Crippen MR) is 85.5 cm³/mol. The second-order valence-electron chi connectivity index (χ2n) is 4.76. The summed E-state index contributed by atoms with van der Waals surface area (Å²) in [6.45, 7) is 0. The summed E-state index contributed by atoms with van der Waals surface area (Å²) in [6, 6.07) is 13.3. The van der Waals surface area contributed by atoms with Crippen LogP contribution in [0.2, 0.25) is 0 Å². The summed E-state index contributed by atoms with van der Waals surface area (Å²) in [5.74, 6) is 0.613. The van der Waals surface area contributed by atoms with Crippen molar-refractivity contribution in [2.45, 2.75) is 0 Å². The molecule has 120 valence electrons. The smallest absolute Gasteiger partial charge is 0.272 e. The van der Waals surface area contributed by atoms with E-state index in [2.05, 4.69) is 5.43 Å². The predicted octanol–water partition coefficient (Wildman–Crippen LogP) is 2.12. The molecule has 0 saturated carbocycles. The summed E-state index contributed by atoms with van der Waals surface area (Å²) in [6.07, 6.45) is 0. The van der Waals surface area contributed by atoms with E-state index in [0.29, 0.717) is 22.6 Å². The SMILES string of the molecule is COc1ccc(C(=O)NN(C)C(=O)c2ccc(OC)cc2)cc1. The van der Waals surface area contributed by atoms with E-state index >= 15 is 0 Å². The molecule has 0 radical (unpaired) electrons. The van der Waals surface area contributed by atoms with Crippen LogP contribution in [0.1, 0.15) is 20.7 Å². The van der Waals surface area contributed by atoms with Crippen LogP contribution in [0.3, 0.4) is 0 Å². The minimum atomic E-state index is -0.378. The van der Waals surface area contributed by atoms with Crippen LogP contribution in [0.15, 0.2) is 48.5 Å². The first-order valence-corrected chi connectivity index (χ1v) is 6.92. The second-order valence-corrected chi connectivity index (χ2v) is 4.76. The number of ether oxygens (including phenoxy) is 2. The molecule has 2 rings (SSSR count). The molecule has 1 N–H and O–H groups in total. The number of nitrogens with one attached hydrogen (secondary N) is 1. The van der Waals surface area contributed by atoms with Crippen molar-refractivity contribution in [2.75, 3.05) is 21.3 Å². The number of hydrogen-bond donors (Lipinski definition) is 1. The van der Waals surface area contributed by atoms with Gasteiger partial charge in [0.15, 0.2) is 0 Å². The van der Waals surface area contributed by atoms with Gasteiger partial charge in [0.05, 0.1) is 14.2 Å². The van der Waals surface area contributed by atoms with Crippen LogP contribution >= 0.6 is 0 Å². The fourth-order valence-corrected chi connectivity index (χ4v) is 1.94. The largest absolute Gasteiger partial charge is 0.497 e. The van der Waals surface area contributed by atoms with E-state index in [1.54, 1.807) is 62.8 Å². The standard InChI is InChI=1S/C17H18N2O4/c1-19(17(21)13-6-10-15(23-3)11-7-13)18-16(20)12-4-8-14(22-2)9-5-12/h4-11H,1-3H3,(H,18,20). The van der Waals surface area contributed by atoms with E-state index < -0.39 is 0 Å². The van der Waals surface area contributed by atoms with Gasteiger partial charge in [-0.3, -0.25) is 20.0 Å². The highest BCUT2D eigenvalue weighted by Gasteiger charge is 2.15. The highest BCUT2D eigenvalue weighted by molar-refractivity contribution is 5.99. The lowest BCUT2D eigenvalue weighted by Gasteiger charge is -2.18. The van der Waals surface area contributed by atoms with E-state index in [0.717, 1.165) is 5.01 Å². The Labute approximate surface area is 134 Å². The summed E-state index contributed by atoms with van der Waals surface area (Å²) in [5, 5.41) is 1.15. The van der Waals surface area contributed by atoms with Gasteiger partial charge < -0.3 is 9.47 Å². The molecule has 2 aromatic rings. The molecule has 0 aliphatic carbocycles. The van der Waals surface area contributed by atoms with Crippen molar-refractivity contribution in [2.24, 2.45) is 0 Å². The number of rotatable bonds is 4. The van der Waals surface area contributed by atoms with Crippen LogP contribution in [0.25, 0.3) is 0 Å². The molecule has 6 heteroatoms. The number of hydrazine groups is 1. The van der Waals surface area contributed by atoms with Crippen molar-refractivity contribution in [1.82, 2.24) is 10.4 Å². The van der Waals surface area contributed by atoms with Crippen molar-refractivity contribution in [3.8, 4) is 11.5 Å². The molecule has 0 fully saturated rings. The monoisotopic (exact) mass is 314 g/mol. The number of nitrogens with zero attached hydrogens (tertiary/aromatic N) is 1. The number of methoxy groups -OCH3 is 2. The molecule has 0 aliphatic heterocycles. The average Bonchev–Trinajstić information content (AvgIpc) is 2.61. The molecule has 0 aliphatic rings. The lowest BCUT2D eigenvalue weighted by Crippen LogP contribution is -2.43. The fourth-order valence-electron chi connectivity index (χ4n) is 1.94. The second kappa shape index (κ2) is 7.31. The molecule has 0 bridgehead atoms.